The van der Waals surface area contributed by atoms with Gasteiger partial charge >= 0.3 is 0 Å². The molecule has 4 nitrogen and oxygen atoms in total. The molecule has 2 heterocycles. The molecular weight excluding hydrogens is 198 g/mol. The van der Waals surface area contributed by atoms with Crippen molar-refractivity contribution >= 4 is 11.3 Å². The first-order chi connectivity index (χ1) is 6.75. The predicted octanol–water partition coefficient (Wildman–Crippen LogP) is 1.44. The Hall–Kier alpha value is -1.20. The topological polar surface area (TPSA) is 50.9 Å². The first-order valence-corrected chi connectivity index (χ1v) is 5.24. The molecule has 74 valence electrons. The summed E-state index contributed by atoms with van der Waals surface area (Å²) in [5.41, 5.74) is 0.613. The molecule has 0 spiro atoms. The van der Waals surface area contributed by atoms with Crippen LogP contribution < -0.4 is 0 Å². The van der Waals surface area contributed by atoms with E-state index >= 15 is 0 Å². The van der Waals surface area contributed by atoms with Crippen LogP contribution in [0.4, 0.5) is 0 Å². The summed E-state index contributed by atoms with van der Waals surface area (Å²) in [5, 5.41) is 19.1. The number of hydrogen-bond donors (Lipinski definition) is 1. The third-order valence-corrected chi connectivity index (χ3v) is 2.74. The van der Waals surface area contributed by atoms with E-state index in [0.717, 1.165) is 6.54 Å². The summed E-state index contributed by atoms with van der Waals surface area (Å²) < 4.78 is 1.73. The van der Waals surface area contributed by atoms with Crippen molar-refractivity contribution < 1.29 is 5.11 Å². The second-order valence-electron chi connectivity index (χ2n) is 3.10. The van der Waals surface area contributed by atoms with E-state index < -0.39 is 6.10 Å². The minimum absolute atomic E-state index is 0.549. The first kappa shape index (κ1) is 9.36. The normalized spacial score (nSPS) is 13.0. The molecule has 5 heteroatoms. The second kappa shape index (κ2) is 3.89. The first-order valence-electron chi connectivity index (χ1n) is 4.36. The Bertz CT molecular complexity index is 394. The van der Waals surface area contributed by atoms with Crippen LogP contribution in [0.5, 0.6) is 0 Å². The lowest BCUT2D eigenvalue weighted by Crippen LogP contribution is -1.98. The fraction of sp³-hybridized carbons (Fsp3) is 0.333. The third kappa shape index (κ3) is 2.00. The van der Waals surface area contributed by atoms with Gasteiger partial charge in [0.1, 0.15) is 5.69 Å². The van der Waals surface area contributed by atoms with Gasteiger partial charge in [-0.15, -0.1) is 16.4 Å². The molecule has 0 aliphatic carbocycles. The average Bonchev–Trinajstić information content (AvgIpc) is 2.75. The minimum Gasteiger partial charge on any atom is -0.387 e. The Labute approximate surface area is 85.8 Å². The van der Waals surface area contributed by atoms with Gasteiger partial charge in [0.25, 0.3) is 0 Å². The lowest BCUT2D eigenvalue weighted by atomic mass is 10.3. The molecule has 1 unspecified atom stereocenters. The van der Waals surface area contributed by atoms with E-state index in [0.29, 0.717) is 5.69 Å². The van der Waals surface area contributed by atoms with Gasteiger partial charge in [-0.3, -0.25) is 0 Å². The molecule has 1 N–H and O–H groups in total. The highest BCUT2D eigenvalue weighted by molar-refractivity contribution is 7.09. The van der Waals surface area contributed by atoms with Gasteiger partial charge in [-0.25, -0.2) is 4.68 Å². The van der Waals surface area contributed by atoms with Crippen LogP contribution in [-0.4, -0.2) is 20.1 Å². The summed E-state index contributed by atoms with van der Waals surface area (Å²) in [6.45, 7) is 2.40. The summed E-state index contributed by atoms with van der Waals surface area (Å²) in [4.78, 5) is 1.23. The maximum absolute atomic E-state index is 9.25. The van der Waals surface area contributed by atoms with Crippen molar-refractivity contribution in [2.75, 3.05) is 0 Å². The van der Waals surface area contributed by atoms with Gasteiger partial charge < -0.3 is 5.11 Å². The zero-order valence-electron chi connectivity index (χ0n) is 7.79. The molecule has 0 saturated heterocycles. The van der Waals surface area contributed by atoms with Gasteiger partial charge in [0.15, 0.2) is 0 Å². The number of rotatable bonds is 3. The maximum atomic E-state index is 9.25. The molecule has 0 radical (unpaired) electrons. The van der Waals surface area contributed by atoms with Crippen molar-refractivity contribution in [2.24, 2.45) is 0 Å². The Morgan fingerprint density at radius 3 is 3.07 bits per heavy atom. The Morgan fingerprint density at radius 1 is 1.64 bits per heavy atom. The van der Waals surface area contributed by atoms with Crippen LogP contribution in [0.2, 0.25) is 0 Å². The highest BCUT2D eigenvalue weighted by Gasteiger charge is 2.06. The van der Waals surface area contributed by atoms with Crippen LogP contribution in [0.1, 0.15) is 23.6 Å². The summed E-state index contributed by atoms with van der Waals surface area (Å²) in [5.74, 6) is 0. The highest BCUT2D eigenvalue weighted by atomic mass is 32.1. The number of nitrogens with zero attached hydrogens (tertiary/aromatic N) is 3. The zero-order valence-corrected chi connectivity index (χ0v) is 8.61. The van der Waals surface area contributed by atoms with Gasteiger partial charge in [0.2, 0.25) is 0 Å². The van der Waals surface area contributed by atoms with Crippen LogP contribution in [0.15, 0.2) is 23.7 Å². The van der Waals surface area contributed by atoms with Crippen LogP contribution in [0, 0.1) is 0 Å². The Kier molecular flexibility index (Phi) is 2.60. The van der Waals surface area contributed by atoms with E-state index in [4.69, 9.17) is 0 Å². The van der Waals surface area contributed by atoms with Gasteiger partial charge in [-0.1, -0.05) is 11.3 Å². The van der Waals surface area contributed by atoms with Crippen molar-refractivity contribution in [1.29, 1.82) is 0 Å². The smallest absolute Gasteiger partial charge is 0.111 e. The van der Waals surface area contributed by atoms with Crippen molar-refractivity contribution in [1.82, 2.24) is 15.0 Å². The van der Waals surface area contributed by atoms with Crippen LogP contribution in [0.25, 0.3) is 0 Å². The van der Waals surface area contributed by atoms with E-state index in [-0.39, 0.29) is 0 Å². The molecule has 0 bridgehead atoms. The zero-order chi connectivity index (χ0) is 9.97. The number of aromatic nitrogens is 3. The summed E-state index contributed by atoms with van der Waals surface area (Å²) in [6, 6.07) is 4.06. The molecule has 0 amide bonds. The molecule has 2 aromatic rings. The van der Waals surface area contributed by atoms with E-state index in [9.17, 15) is 5.11 Å². The average molecular weight is 209 g/mol. The second-order valence-corrected chi connectivity index (χ2v) is 4.13. The molecule has 0 aliphatic rings. The van der Waals surface area contributed by atoms with Gasteiger partial charge in [0.05, 0.1) is 18.8 Å². The van der Waals surface area contributed by atoms with Gasteiger partial charge in [0, 0.05) is 4.88 Å². The van der Waals surface area contributed by atoms with E-state index in [1.54, 1.807) is 29.1 Å². The minimum atomic E-state index is -0.549. The molecule has 0 fully saturated rings. The van der Waals surface area contributed by atoms with Gasteiger partial charge in [-0.05, 0) is 18.4 Å². The predicted molar refractivity (Wildman–Crippen MR) is 54.1 cm³/mol. The molecular formula is C9H11N3OS. The molecule has 2 aromatic heterocycles. The lowest BCUT2D eigenvalue weighted by Gasteiger charge is -1.96. The Balaban J connectivity index is 2.11. The fourth-order valence-corrected chi connectivity index (χ4v) is 1.84. The maximum Gasteiger partial charge on any atom is 0.111 e. The Morgan fingerprint density at radius 2 is 2.50 bits per heavy atom. The molecule has 2 rings (SSSR count). The van der Waals surface area contributed by atoms with Gasteiger partial charge in [-0.2, -0.15) is 0 Å². The molecule has 0 aliphatic heterocycles. The molecule has 0 aromatic carbocycles. The molecule has 0 saturated carbocycles. The number of thiophene rings is 1. The SMILES string of the molecule is CC(O)c1cn(Cc2cccs2)nn1. The standard InChI is InChI=1S/C9H11N3OS/c1-7(13)9-6-12(11-10-9)5-8-3-2-4-14-8/h2-4,6-7,13H,5H2,1H3. The summed E-state index contributed by atoms with van der Waals surface area (Å²) in [6.07, 6.45) is 1.22. The van der Waals surface area contributed by atoms with E-state index in [1.807, 2.05) is 17.5 Å². The van der Waals surface area contributed by atoms with E-state index in [1.165, 1.54) is 4.88 Å². The van der Waals surface area contributed by atoms with Crippen molar-refractivity contribution in [3.63, 3.8) is 0 Å². The number of aliphatic hydroxyl groups is 1. The van der Waals surface area contributed by atoms with Crippen molar-refractivity contribution in [2.45, 2.75) is 19.6 Å². The summed E-state index contributed by atoms with van der Waals surface area (Å²) >= 11 is 1.68. The highest BCUT2D eigenvalue weighted by Crippen LogP contribution is 2.11. The molecule has 1 atom stereocenters. The van der Waals surface area contributed by atoms with Crippen molar-refractivity contribution in [3.05, 3.63) is 34.3 Å². The van der Waals surface area contributed by atoms with Crippen LogP contribution in [-0.2, 0) is 6.54 Å². The van der Waals surface area contributed by atoms with Crippen molar-refractivity contribution in [3.8, 4) is 0 Å². The third-order valence-electron chi connectivity index (χ3n) is 1.88. The fourth-order valence-electron chi connectivity index (χ4n) is 1.14. The number of aliphatic hydroxyl groups excluding tert-OH is 1. The molecule has 14 heavy (non-hydrogen) atoms. The van der Waals surface area contributed by atoms with Crippen LogP contribution >= 0.6 is 11.3 Å². The lowest BCUT2D eigenvalue weighted by molar-refractivity contribution is 0.194. The monoisotopic (exact) mass is 209 g/mol. The summed E-state index contributed by atoms with van der Waals surface area (Å²) in [7, 11) is 0. The van der Waals surface area contributed by atoms with Crippen LogP contribution in [0.3, 0.4) is 0 Å². The quantitative estimate of drug-likeness (QED) is 0.832. The van der Waals surface area contributed by atoms with E-state index in [2.05, 4.69) is 10.3 Å². The number of hydrogen-bond acceptors (Lipinski definition) is 4. The largest absolute Gasteiger partial charge is 0.387 e.